The lowest BCUT2D eigenvalue weighted by molar-refractivity contribution is -0.120. The van der Waals surface area contributed by atoms with Crippen LogP contribution in [-0.2, 0) is 4.79 Å². The van der Waals surface area contributed by atoms with Crippen molar-refractivity contribution in [2.45, 2.75) is 13.8 Å². The maximum atomic E-state index is 11.5. The smallest absolute Gasteiger partial charge is 0.238 e. The van der Waals surface area contributed by atoms with Gasteiger partial charge in [-0.25, -0.2) is 0 Å². The fraction of sp³-hybridized carbons (Fsp3) is 0.500. The molecule has 0 saturated carbocycles. The molecule has 0 aromatic rings. The summed E-state index contributed by atoms with van der Waals surface area (Å²) < 4.78 is 0. The Morgan fingerprint density at radius 1 is 1.50 bits per heavy atom. The number of hydrogen-bond donors (Lipinski definition) is 1. The Hall–Kier alpha value is -1.42. The first-order chi connectivity index (χ1) is 7.39. The van der Waals surface area contributed by atoms with Gasteiger partial charge in [-0.05, 0) is 20.2 Å². The van der Waals surface area contributed by atoms with Gasteiger partial charge in [-0.3, -0.25) is 9.79 Å². The lowest BCUT2D eigenvalue weighted by Gasteiger charge is -2.12. The van der Waals surface area contributed by atoms with E-state index in [4.69, 9.17) is 0 Å². The molecule has 0 aromatic heterocycles. The third-order valence-corrected chi connectivity index (χ3v) is 2.06. The molecular weight excluding hydrogens is 202 g/mol. The van der Waals surface area contributed by atoms with Gasteiger partial charge in [0, 0.05) is 17.8 Å². The maximum absolute atomic E-state index is 11.5. The number of amides is 1. The van der Waals surface area contributed by atoms with Gasteiger partial charge in [0.15, 0.2) is 0 Å². The molecule has 4 heteroatoms. The van der Waals surface area contributed by atoms with Crippen LogP contribution in [0.3, 0.4) is 0 Å². The second-order valence-corrected chi connectivity index (χ2v) is 4.80. The van der Waals surface area contributed by atoms with E-state index in [-0.39, 0.29) is 11.3 Å². The average molecular weight is 221 g/mol. The summed E-state index contributed by atoms with van der Waals surface area (Å²) in [7, 11) is 3.72. The summed E-state index contributed by atoms with van der Waals surface area (Å²) in [4.78, 5) is 17.5. The van der Waals surface area contributed by atoms with Gasteiger partial charge in [0.05, 0.1) is 12.2 Å². The van der Waals surface area contributed by atoms with E-state index in [1.165, 1.54) is 0 Å². The summed E-state index contributed by atoms with van der Waals surface area (Å²) in [6.45, 7) is 4.50. The summed E-state index contributed by atoms with van der Waals surface area (Å²) >= 11 is 0. The molecule has 16 heavy (non-hydrogen) atoms. The van der Waals surface area contributed by atoms with E-state index in [0.717, 1.165) is 5.70 Å². The summed E-state index contributed by atoms with van der Waals surface area (Å²) in [5.74, 6) is -0.0317. The average Bonchev–Trinajstić information content (AvgIpc) is 2.26. The van der Waals surface area contributed by atoms with Crippen LogP contribution in [0.25, 0.3) is 0 Å². The van der Waals surface area contributed by atoms with Crippen molar-refractivity contribution in [1.82, 2.24) is 10.2 Å². The molecule has 1 heterocycles. The minimum absolute atomic E-state index is 0.0317. The summed E-state index contributed by atoms with van der Waals surface area (Å²) in [6.07, 6.45) is 7.43. The number of allylic oxidation sites excluding steroid dienone is 2. The Balaban J connectivity index is 2.60. The first-order valence-corrected chi connectivity index (χ1v) is 5.27. The number of hydrogen-bond acceptors (Lipinski definition) is 3. The highest BCUT2D eigenvalue weighted by Crippen LogP contribution is 2.17. The van der Waals surface area contributed by atoms with E-state index < -0.39 is 0 Å². The molecule has 1 N–H and O–H groups in total. The zero-order chi connectivity index (χ0) is 12.2. The van der Waals surface area contributed by atoms with Crippen molar-refractivity contribution in [3.8, 4) is 0 Å². The third kappa shape index (κ3) is 4.40. The Bertz CT molecular complexity index is 351. The van der Waals surface area contributed by atoms with Crippen LogP contribution in [0.2, 0.25) is 0 Å². The Labute approximate surface area is 96.7 Å². The molecule has 0 spiro atoms. The number of rotatable bonds is 3. The van der Waals surface area contributed by atoms with E-state index >= 15 is 0 Å². The second kappa shape index (κ2) is 5.07. The van der Waals surface area contributed by atoms with Gasteiger partial charge < -0.3 is 10.2 Å². The van der Waals surface area contributed by atoms with Crippen molar-refractivity contribution in [3.05, 3.63) is 24.0 Å². The van der Waals surface area contributed by atoms with Crippen molar-refractivity contribution >= 4 is 12.1 Å². The Morgan fingerprint density at radius 2 is 2.19 bits per heavy atom. The molecule has 0 radical (unpaired) electrons. The van der Waals surface area contributed by atoms with Crippen molar-refractivity contribution in [1.29, 1.82) is 0 Å². The quantitative estimate of drug-likeness (QED) is 0.777. The first kappa shape index (κ1) is 12.6. The van der Waals surface area contributed by atoms with Crippen LogP contribution >= 0.6 is 0 Å². The van der Waals surface area contributed by atoms with E-state index in [9.17, 15) is 4.79 Å². The Kier molecular flexibility index (Phi) is 4.01. The topological polar surface area (TPSA) is 44.7 Å². The predicted octanol–water partition coefficient (Wildman–Crippen LogP) is 1.17. The molecule has 0 fully saturated rings. The van der Waals surface area contributed by atoms with Gasteiger partial charge in [-0.2, -0.15) is 0 Å². The lowest BCUT2D eigenvalue weighted by Crippen LogP contribution is -2.32. The van der Waals surface area contributed by atoms with Gasteiger partial charge in [-0.15, -0.1) is 0 Å². The van der Waals surface area contributed by atoms with Crippen molar-refractivity contribution in [3.63, 3.8) is 0 Å². The molecule has 4 nitrogen and oxygen atoms in total. The predicted molar refractivity (Wildman–Crippen MR) is 66.2 cm³/mol. The van der Waals surface area contributed by atoms with Crippen LogP contribution < -0.4 is 5.32 Å². The summed E-state index contributed by atoms with van der Waals surface area (Å²) in [6, 6.07) is 0. The standard InChI is InChI=1S/C12H19N3O/c1-12(2)6-5-10(7-13-9-12)14-11(16)8-15(3)4/h5-7,9H,8H2,1-4H3,(H,14,16). The molecule has 0 atom stereocenters. The molecule has 1 rings (SSSR count). The van der Waals surface area contributed by atoms with E-state index in [0.29, 0.717) is 6.54 Å². The number of likely N-dealkylation sites (N-methyl/N-ethyl adjacent to an activating group) is 1. The summed E-state index contributed by atoms with van der Waals surface area (Å²) in [5.41, 5.74) is 0.665. The van der Waals surface area contributed by atoms with Gasteiger partial charge >= 0.3 is 0 Å². The fourth-order valence-corrected chi connectivity index (χ4v) is 1.26. The van der Waals surface area contributed by atoms with Crippen molar-refractivity contribution in [2.24, 2.45) is 10.4 Å². The minimum atomic E-state index is -0.0650. The van der Waals surface area contributed by atoms with Crippen molar-refractivity contribution < 1.29 is 4.79 Å². The van der Waals surface area contributed by atoms with Gasteiger partial charge in [0.1, 0.15) is 0 Å². The molecule has 0 aliphatic carbocycles. The SMILES string of the molecule is CN(C)CC(=O)NC1=CN=CC(C)(C)C=C1. The number of nitrogens with one attached hydrogen (secondary N) is 1. The summed E-state index contributed by atoms with van der Waals surface area (Å²) in [5, 5.41) is 2.81. The largest absolute Gasteiger partial charge is 0.324 e. The zero-order valence-corrected chi connectivity index (χ0v) is 10.3. The van der Waals surface area contributed by atoms with Gasteiger partial charge in [0.2, 0.25) is 5.91 Å². The van der Waals surface area contributed by atoms with Crippen LogP contribution in [0.4, 0.5) is 0 Å². The molecule has 1 aliphatic rings. The number of nitrogens with zero attached hydrogens (tertiary/aromatic N) is 2. The fourth-order valence-electron chi connectivity index (χ4n) is 1.26. The second-order valence-electron chi connectivity index (χ2n) is 4.80. The number of carbonyl (C=O) groups excluding carboxylic acids is 1. The third-order valence-electron chi connectivity index (χ3n) is 2.06. The molecular formula is C12H19N3O. The molecule has 1 amide bonds. The van der Waals surface area contributed by atoms with Crippen LogP contribution in [-0.4, -0.2) is 37.7 Å². The van der Waals surface area contributed by atoms with E-state index in [1.807, 2.05) is 37.4 Å². The highest BCUT2D eigenvalue weighted by Gasteiger charge is 2.12. The maximum Gasteiger partial charge on any atom is 0.238 e. The molecule has 0 bridgehead atoms. The minimum Gasteiger partial charge on any atom is -0.324 e. The van der Waals surface area contributed by atoms with Crippen LogP contribution in [0.15, 0.2) is 29.0 Å². The lowest BCUT2D eigenvalue weighted by atomic mass is 9.95. The van der Waals surface area contributed by atoms with Crippen LogP contribution in [0.1, 0.15) is 13.8 Å². The normalized spacial score (nSPS) is 18.2. The molecule has 1 aliphatic heterocycles. The van der Waals surface area contributed by atoms with Crippen LogP contribution in [0.5, 0.6) is 0 Å². The van der Waals surface area contributed by atoms with Crippen LogP contribution in [0, 0.1) is 5.41 Å². The highest BCUT2D eigenvalue weighted by atomic mass is 16.2. The van der Waals surface area contributed by atoms with Crippen molar-refractivity contribution in [2.75, 3.05) is 20.6 Å². The number of carbonyl (C=O) groups is 1. The molecule has 0 unspecified atom stereocenters. The van der Waals surface area contributed by atoms with E-state index in [1.54, 1.807) is 6.20 Å². The molecule has 88 valence electrons. The monoisotopic (exact) mass is 221 g/mol. The zero-order valence-electron chi connectivity index (χ0n) is 10.3. The van der Waals surface area contributed by atoms with Gasteiger partial charge in [0.25, 0.3) is 0 Å². The Morgan fingerprint density at radius 3 is 2.81 bits per heavy atom. The van der Waals surface area contributed by atoms with E-state index in [2.05, 4.69) is 24.2 Å². The number of aliphatic imine (C=N–C) groups is 1. The molecule has 0 saturated heterocycles. The molecule has 0 aromatic carbocycles. The van der Waals surface area contributed by atoms with Gasteiger partial charge in [-0.1, -0.05) is 19.9 Å². The highest BCUT2D eigenvalue weighted by molar-refractivity contribution is 5.80. The first-order valence-electron chi connectivity index (χ1n) is 5.27.